The molecule has 0 saturated carbocycles. The molecule has 0 aromatic heterocycles. The number of benzene rings is 2. The van der Waals surface area contributed by atoms with E-state index in [-0.39, 0.29) is 48.2 Å². The maximum Gasteiger partial charge on any atom is 0.228 e. The Labute approximate surface area is 189 Å². The summed E-state index contributed by atoms with van der Waals surface area (Å²) in [4.78, 5) is 27.9. The van der Waals surface area contributed by atoms with Crippen molar-refractivity contribution in [1.82, 2.24) is 9.80 Å². The lowest BCUT2D eigenvalue weighted by Gasteiger charge is -2.22. The number of carbonyl (C=O) groups excluding carboxylic acids is 2. The summed E-state index contributed by atoms with van der Waals surface area (Å²) in [6, 6.07) is 20.5. The highest BCUT2D eigenvalue weighted by molar-refractivity contribution is 5.82. The minimum absolute atomic E-state index is 0.153. The number of carbonyl (C=O) groups is 2. The quantitative estimate of drug-likeness (QED) is 0.719. The van der Waals surface area contributed by atoms with E-state index in [2.05, 4.69) is 0 Å². The van der Waals surface area contributed by atoms with Crippen molar-refractivity contribution in [1.29, 1.82) is 0 Å². The Morgan fingerprint density at radius 3 is 1.41 bits per heavy atom. The predicted octanol–water partition coefficient (Wildman–Crippen LogP) is 3.90. The van der Waals surface area contributed by atoms with Crippen LogP contribution in [0.2, 0.25) is 0 Å². The molecule has 0 spiro atoms. The predicted molar refractivity (Wildman–Crippen MR) is 119 cm³/mol. The molecule has 4 aliphatic heterocycles. The zero-order valence-electron chi connectivity index (χ0n) is 18.6. The van der Waals surface area contributed by atoms with E-state index in [0.29, 0.717) is 13.2 Å². The van der Waals surface area contributed by atoms with Crippen LogP contribution < -0.4 is 0 Å². The van der Waals surface area contributed by atoms with Gasteiger partial charge in [0.25, 0.3) is 0 Å². The van der Waals surface area contributed by atoms with E-state index in [0.717, 1.165) is 24.0 Å². The van der Waals surface area contributed by atoms with Gasteiger partial charge in [0, 0.05) is 23.0 Å². The molecule has 6 rings (SSSR count). The minimum atomic E-state index is -0.163. The lowest BCUT2D eigenvalue weighted by Crippen LogP contribution is -2.31. The highest BCUT2D eigenvalue weighted by Crippen LogP contribution is 2.40. The molecule has 4 fully saturated rings. The number of amides is 2. The first-order valence-corrected chi connectivity index (χ1v) is 11.5. The van der Waals surface area contributed by atoms with Crippen LogP contribution in [0, 0.1) is 11.8 Å². The number of rotatable bonds is 2. The molecule has 4 saturated heterocycles. The molecule has 0 bridgehead atoms. The van der Waals surface area contributed by atoms with Gasteiger partial charge in [0.05, 0.1) is 25.3 Å². The highest BCUT2D eigenvalue weighted by Gasteiger charge is 2.47. The lowest BCUT2D eigenvalue weighted by atomic mass is 10.1. The van der Waals surface area contributed by atoms with Crippen molar-refractivity contribution in [2.45, 2.75) is 51.2 Å². The largest absolute Gasteiger partial charge is 0.352 e. The fourth-order valence-corrected chi connectivity index (χ4v) is 5.34. The van der Waals surface area contributed by atoms with E-state index in [9.17, 15) is 9.59 Å². The third kappa shape index (κ3) is 3.71. The van der Waals surface area contributed by atoms with Crippen LogP contribution in [0.25, 0.3) is 0 Å². The van der Waals surface area contributed by atoms with Crippen LogP contribution in [0.1, 0.15) is 50.3 Å². The molecule has 0 N–H and O–H groups in total. The van der Waals surface area contributed by atoms with Gasteiger partial charge in [-0.05, 0) is 12.8 Å². The molecule has 4 aliphatic rings. The van der Waals surface area contributed by atoms with Crippen LogP contribution >= 0.6 is 0 Å². The van der Waals surface area contributed by atoms with Crippen LogP contribution in [-0.4, -0.2) is 46.9 Å². The summed E-state index contributed by atoms with van der Waals surface area (Å²) in [6.45, 7) is 5.36. The normalized spacial score (nSPS) is 33.2. The van der Waals surface area contributed by atoms with E-state index in [1.165, 1.54) is 0 Å². The van der Waals surface area contributed by atoms with Gasteiger partial charge in [-0.2, -0.15) is 0 Å². The molecular formula is C26H30N2O4. The lowest BCUT2D eigenvalue weighted by molar-refractivity contribution is -0.137. The molecule has 32 heavy (non-hydrogen) atoms. The Hall–Kier alpha value is -2.70. The third-order valence-corrected chi connectivity index (χ3v) is 6.96. The van der Waals surface area contributed by atoms with E-state index < -0.39 is 0 Å². The number of hydrogen-bond acceptors (Lipinski definition) is 4. The standard InChI is InChI=1S/2C13H15NO2/c2*1-9-7-11-8-16-13(14(11)12(9)15)10-5-3-2-4-6-10/h2*2-6,9,11,13H,7-8H2,1H3/t9-,11+,13-;9-,11-,13+/m10/s1. The smallest absolute Gasteiger partial charge is 0.228 e. The highest BCUT2D eigenvalue weighted by atomic mass is 16.5. The summed E-state index contributed by atoms with van der Waals surface area (Å²) in [5, 5.41) is 0. The van der Waals surface area contributed by atoms with Crippen molar-refractivity contribution in [3.8, 4) is 0 Å². The van der Waals surface area contributed by atoms with Crippen molar-refractivity contribution in [3.05, 3.63) is 71.8 Å². The molecular weight excluding hydrogens is 404 g/mol. The van der Waals surface area contributed by atoms with Crippen molar-refractivity contribution < 1.29 is 19.1 Å². The van der Waals surface area contributed by atoms with E-state index >= 15 is 0 Å². The maximum atomic E-state index is 12.0. The first-order chi connectivity index (χ1) is 15.5. The summed E-state index contributed by atoms with van der Waals surface area (Å²) >= 11 is 0. The Morgan fingerprint density at radius 1 is 0.656 bits per heavy atom. The van der Waals surface area contributed by atoms with Gasteiger partial charge in [-0.25, -0.2) is 0 Å². The fourth-order valence-electron chi connectivity index (χ4n) is 5.34. The van der Waals surface area contributed by atoms with Gasteiger partial charge < -0.3 is 19.3 Å². The Bertz CT molecular complexity index is 887. The second-order valence-electron chi connectivity index (χ2n) is 9.26. The molecule has 2 aromatic rings. The van der Waals surface area contributed by atoms with E-state index in [4.69, 9.17) is 9.47 Å². The van der Waals surface area contributed by atoms with Crippen molar-refractivity contribution >= 4 is 11.8 Å². The van der Waals surface area contributed by atoms with Gasteiger partial charge >= 0.3 is 0 Å². The van der Waals surface area contributed by atoms with Gasteiger partial charge in [0.15, 0.2) is 12.5 Å². The molecule has 0 aliphatic carbocycles. The van der Waals surface area contributed by atoms with Gasteiger partial charge in [0.1, 0.15) is 0 Å². The van der Waals surface area contributed by atoms with Crippen LogP contribution in [0.15, 0.2) is 60.7 Å². The van der Waals surface area contributed by atoms with Gasteiger partial charge in [0.2, 0.25) is 11.8 Å². The van der Waals surface area contributed by atoms with E-state index in [1.807, 2.05) is 84.3 Å². The second-order valence-corrected chi connectivity index (χ2v) is 9.26. The fraction of sp³-hybridized carbons (Fsp3) is 0.462. The summed E-state index contributed by atoms with van der Waals surface area (Å²) in [6.07, 6.45) is 1.54. The number of nitrogens with zero attached hydrogens (tertiary/aromatic N) is 2. The average molecular weight is 435 g/mol. The van der Waals surface area contributed by atoms with Crippen molar-refractivity contribution in [2.24, 2.45) is 11.8 Å². The molecule has 0 radical (unpaired) electrons. The van der Waals surface area contributed by atoms with Gasteiger partial charge in [-0.1, -0.05) is 74.5 Å². The van der Waals surface area contributed by atoms with Crippen LogP contribution in [-0.2, 0) is 19.1 Å². The zero-order valence-corrected chi connectivity index (χ0v) is 18.6. The average Bonchev–Trinajstić information content (AvgIpc) is 3.55. The van der Waals surface area contributed by atoms with Crippen molar-refractivity contribution in [2.75, 3.05) is 13.2 Å². The summed E-state index contributed by atoms with van der Waals surface area (Å²) < 4.78 is 11.5. The number of ether oxygens (including phenoxy) is 2. The molecule has 2 amide bonds. The van der Waals surface area contributed by atoms with Crippen LogP contribution in [0.3, 0.4) is 0 Å². The molecule has 6 atom stereocenters. The topological polar surface area (TPSA) is 59.1 Å². The number of fused-ring (bicyclic) bond motifs is 2. The Morgan fingerprint density at radius 2 is 1.03 bits per heavy atom. The Kier molecular flexibility index (Phi) is 5.74. The monoisotopic (exact) mass is 434 g/mol. The maximum absolute atomic E-state index is 12.0. The van der Waals surface area contributed by atoms with Gasteiger partial charge in [-0.15, -0.1) is 0 Å². The van der Waals surface area contributed by atoms with Crippen molar-refractivity contribution in [3.63, 3.8) is 0 Å². The minimum Gasteiger partial charge on any atom is -0.352 e. The number of hydrogen-bond donors (Lipinski definition) is 0. The summed E-state index contributed by atoms with van der Waals surface area (Å²) in [7, 11) is 0. The molecule has 168 valence electrons. The Balaban J connectivity index is 0.000000135. The SMILES string of the molecule is C[C@@H]1C[C@H]2CO[C@H](c3ccccc3)N2C1=O.C[C@H]1C[C@H]2CO[C@H](c3ccccc3)N2C1=O. The molecule has 0 unspecified atom stereocenters. The van der Waals surface area contributed by atoms with Crippen LogP contribution in [0.5, 0.6) is 0 Å². The molecule has 4 heterocycles. The first kappa shape index (κ1) is 21.2. The summed E-state index contributed by atoms with van der Waals surface area (Å²) in [5.41, 5.74) is 2.15. The zero-order chi connectivity index (χ0) is 22.2. The third-order valence-electron chi connectivity index (χ3n) is 6.96. The van der Waals surface area contributed by atoms with Crippen LogP contribution in [0.4, 0.5) is 0 Å². The van der Waals surface area contributed by atoms with E-state index in [1.54, 1.807) is 0 Å². The molecule has 6 heteroatoms. The second kappa shape index (κ2) is 8.68. The molecule has 6 nitrogen and oxygen atoms in total. The van der Waals surface area contributed by atoms with Gasteiger partial charge in [-0.3, -0.25) is 9.59 Å². The first-order valence-electron chi connectivity index (χ1n) is 11.5. The molecule has 2 aromatic carbocycles. The summed E-state index contributed by atoms with van der Waals surface area (Å²) in [5.74, 6) is 0.771.